The van der Waals surface area contributed by atoms with Crippen molar-refractivity contribution < 1.29 is 0 Å². The van der Waals surface area contributed by atoms with Crippen LogP contribution in [0.15, 0.2) is 35.1 Å². The van der Waals surface area contributed by atoms with Crippen LogP contribution in [0, 0.1) is 0 Å². The number of hydrogen-bond donors (Lipinski definition) is 0. The van der Waals surface area contributed by atoms with Crippen molar-refractivity contribution in [3.63, 3.8) is 0 Å². The fraction of sp³-hybridized carbons (Fsp3) is 0. The standard InChI is InChI=1S/C13H5Cl3OS/c14-6-1-2-11-7(3-6)13(17)8-4-9(15)10(16)5-12(8)18-11/h1-5H. The van der Waals surface area contributed by atoms with Gasteiger partial charge in [-0.1, -0.05) is 34.8 Å². The lowest BCUT2D eigenvalue weighted by molar-refractivity contribution is 1.74. The Morgan fingerprint density at radius 3 is 2.28 bits per heavy atom. The van der Waals surface area contributed by atoms with Gasteiger partial charge in [-0.2, -0.15) is 0 Å². The molecule has 0 saturated heterocycles. The van der Waals surface area contributed by atoms with Gasteiger partial charge in [0.1, 0.15) is 0 Å². The molecule has 5 heteroatoms. The first-order valence-electron chi connectivity index (χ1n) is 5.07. The molecule has 0 N–H and O–H groups in total. The minimum absolute atomic E-state index is 0.0696. The average molecular weight is 316 g/mol. The summed E-state index contributed by atoms with van der Waals surface area (Å²) in [5.74, 6) is 0. The highest BCUT2D eigenvalue weighted by Gasteiger charge is 2.09. The highest BCUT2D eigenvalue weighted by atomic mass is 35.5. The van der Waals surface area contributed by atoms with Crippen LogP contribution >= 0.6 is 46.1 Å². The third-order valence-electron chi connectivity index (χ3n) is 2.67. The summed E-state index contributed by atoms with van der Waals surface area (Å²) in [5, 5.41) is 2.57. The quantitative estimate of drug-likeness (QED) is 0.509. The second-order valence-electron chi connectivity index (χ2n) is 3.83. The maximum absolute atomic E-state index is 12.4. The molecule has 0 spiro atoms. The molecule has 0 saturated carbocycles. The van der Waals surface area contributed by atoms with Crippen molar-refractivity contribution in [1.29, 1.82) is 0 Å². The molecule has 0 amide bonds. The van der Waals surface area contributed by atoms with Gasteiger partial charge >= 0.3 is 0 Å². The molecule has 1 heterocycles. The zero-order chi connectivity index (χ0) is 12.9. The molecule has 0 atom stereocenters. The van der Waals surface area contributed by atoms with Crippen LogP contribution in [0.25, 0.3) is 20.2 Å². The van der Waals surface area contributed by atoms with Crippen LogP contribution in [0.4, 0.5) is 0 Å². The van der Waals surface area contributed by atoms with E-state index < -0.39 is 0 Å². The van der Waals surface area contributed by atoms with E-state index in [1.807, 2.05) is 6.07 Å². The summed E-state index contributed by atoms with van der Waals surface area (Å²) in [5.41, 5.74) is -0.0696. The molecule has 3 aromatic rings. The van der Waals surface area contributed by atoms with Crippen LogP contribution in [0.5, 0.6) is 0 Å². The maximum Gasteiger partial charge on any atom is 0.195 e. The Morgan fingerprint density at radius 2 is 1.50 bits per heavy atom. The monoisotopic (exact) mass is 314 g/mol. The smallest absolute Gasteiger partial charge is 0.195 e. The van der Waals surface area contributed by atoms with E-state index in [1.165, 1.54) is 11.3 Å². The predicted octanol–water partition coefficient (Wildman–Crippen LogP) is 5.37. The lowest BCUT2D eigenvalue weighted by atomic mass is 10.2. The van der Waals surface area contributed by atoms with Crippen molar-refractivity contribution in [1.82, 2.24) is 0 Å². The molecule has 0 radical (unpaired) electrons. The van der Waals surface area contributed by atoms with E-state index >= 15 is 0 Å². The van der Waals surface area contributed by atoms with Crippen LogP contribution in [0.2, 0.25) is 15.1 Å². The molecule has 0 aliphatic carbocycles. The van der Waals surface area contributed by atoms with Crippen molar-refractivity contribution in [2.24, 2.45) is 0 Å². The Hall–Kier alpha value is -0.800. The summed E-state index contributed by atoms with van der Waals surface area (Å²) >= 11 is 19.3. The van der Waals surface area contributed by atoms with Gasteiger partial charge in [-0.05, 0) is 30.3 Å². The summed E-state index contributed by atoms with van der Waals surface area (Å²) in [6.45, 7) is 0. The topological polar surface area (TPSA) is 17.1 Å². The number of halogens is 3. The van der Waals surface area contributed by atoms with Crippen molar-refractivity contribution in [2.45, 2.75) is 0 Å². The first-order valence-corrected chi connectivity index (χ1v) is 7.02. The molecule has 0 aliphatic rings. The van der Waals surface area contributed by atoms with E-state index in [1.54, 1.807) is 24.3 Å². The Labute approximate surface area is 122 Å². The third-order valence-corrected chi connectivity index (χ3v) is 4.76. The second kappa shape index (κ2) is 4.39. The SMILES string of the molecule is O=c1c2cc(Cl)ccc2sc2cc(Cl)c(Cl)cc12. The molecular weight excluding hydrogens is 311 g/mol. The van der Waals surface area contributed by atoms with Crippen LogP contribution in [0.3, 0.4) is 0 Å². The zero-order valence-corrected chi connectivity index (χ0v) is 11.9. The molecule has 1 nitrogen and oxygen atoms in total. The van der Waals surface area contributed by atoms with Crippen molar-refractivity contribution in [2.75, 3.05) is 0 Å². The summed E-state index contributed by atoms with van der Waals surface area (Å²) in [4.78, 5) is 12.4. The van der Waals surface area contributed by atoms with Gasteiger partial charge in [0.2, 0.25) is 0 Å². The maximum atomic E-state index is 12.4. The van der Waals surface area contributed by atoms with Gasteiger partial charge < -0.3 is 0 Å². The molecule has 18 heavy (non-hydrogen) atoms. The first kappa shape index (κ1) is 12.2. The molecule has 0 aliphatic heterocycles. The van der Waals surface area contributed by atoms with E-state index in [4.69, 9.17) is 34.8 Å². The molecule has 0 unspecified atom stereocenters. The van der Waals surface area contributed by atoms with Crippen LogP contribution in [0.1, 0.15) is 0 Å². The van der Waals surface area contributed by atoms with Crippen molar-refractivity contribution in [3.05, 3.63) is 55.6 Å². The van der Waals surface area contributed by atoms with Crippen LogP contribution in [-0.4, -0.2) is 0 Å². The van der Waals surface area contributed by atoms with E-state index in [9.17, 15) is 4.79 Å². The number of rotatable bonds is 0. The lowest BCUT2D eigenvalue weighted by Gasteiger charge is -2.03. The summed E-state index contributed by atoms with van der Waals surface area (Å²) in [6.07, 6.45) is 0. The number of benzene rings is 2. The van der Waals surface area contributed by atoms with E-state index in [2.05, 4.69) is 0 Å². The summed E-state index contributed by atoms with van der Waals surface area (Å²) in [6, 6.07) is 8.62. The van der Waals surface area contributed by atoms with E-state index in [0.29, 0.717) is 25.8 Å². The van der Waals surface area contributed by atoms with Gasteiger partial charge in [0, 0.05) is 25.2 Å². The Bertz CT molecular complexity index is 839. The van der Waals surface area contributed by atoms with Gasteiger partial charge in [-0.15, -0.1) is 11.3 Å². The Kier molecular flexibility index (Phi) is 2.99. The summed E-state index contributed by atoms with van der Waals surface area (Å²) in [7, 11) is 0. The fourth-order valence-corrected chi connectivity index (χ4v) is 3.46. The van der Waals surface area contributed by atoms with Gasteiger partial charge in [-0.25, -0.2) is 0 Å². The molecule has 90 valence electrons. The Balaban J connectivity index is 2.57. The molecule has 0 bridgehead atoms. The molecule has 0 fully saturated rings. The number of hydrogen-bond acceptors (Lipinski definition) is 2. The lowest BCUT2D eigenvalue weighted by Crippen LogP contribution is -2.00. The zero-order valence-electron chi connectivity index (χ0n) is 8.84. The van der Waals surface area contributed by atoms with E-state index in [-0.39, 0.29) is 5.43 Å². The molecular formula is C13H5Cl3OS. The largest absolute Gasteiger partial charge is 0.289 e. The normalized spacial score (nSPS) is 11.3. The van der Waals surface area contributed by atoms with E-state index in [0.717, 1.165) is 9.40 Å². The minimum atomic E-state index is -0.0696. The Morgan fingerprint density at radius 1 is 0.833 bits per heavy atom. The van der Waals surface area contributed by atoms with Gasteiger partial charge in [0.15, 0.2) is 5.43 Å². The van der Waals surface area contributed by atoms with Gasteiger partial charge in [-0.3, -0.25) is 4.79 Å². The predicted molar refractivity (Wildman–Crippen MR) is 80.6 cm³/mol. The van der Waals surface area contributed by atoms with Crippen LogP contribution < -0.4 is 5.43 Å². The fourth-order valence-electron chi connectivity index (χ4n) is 1.82. The highest BCUT2D eigenvalue weighted by Crippen LogP contribution is 2.32. The van der Waals surface area contributed by atoms with Crippen LogP contribution in [-0.2, 0) is 0 Å². The highest BCUT2D eigenvalue weighted by molar-refractivity contribution is 7.24. The molecule has 2 aromatic carbocycles. The first-order chi connectivity index (χ1) is 8.56. The van der Waals surface area contributed by atoms with Gasteiger partial charge in [0.25, 0.3) is 0 Å². The minimum Gasteiger partial charge on any atom is -0.289 e. The van der Waals surface area contributed by atoms with Crippen molar-refractivity contribution in [3.8, 4) is 0 Å². The van der Waals surface area contributed by atoms with Gasteiger partial charge in [0.05, 0.1) is 10.0 Å². The summed E-state index contributed by atoms with van der Waals surface area (Å²) < 4.78 is 1.71. The average Bonchev–Trinajstić information content (AvgIpc) is 2.33. The number of fused-ring (bicyclic) bond motifs is 2. The van der Waals surface area contributed by atoms with Crippen molar-refractivity contribution >= 4 is 66.3 Å². The second-order valence-corrected chi connectivity index (χ2v) is 6.17. The third kappa shape index (κ3) is 1.90. The molecule has 3 rings (SSSR count). The molecule has 1 aromatic heterocycles.